The lowest BCUT2D eigenvalue weighted by molar-refractivity contribution is 0.221. The molecule has 0 nitrogen and oxygen atoms in total. The van der Waals surface area contributed by atoms with Crippen LogP contribution >= 0.6 is 0 Å². The highest BCUT2D eigenvalue weighted by atomic mass is 19.1. The smallest absolute Gasteiger partial charge is 0.126 e. The molecule has 1 saturated carbocycles. The fourth-order valence-corrected chi connectivity index (χ4v) is 3.89. The molecule has 3 unspecified atom stereocenters. The van der Waals surface area contributed by atoms with Crippen LogP contribution in [0.2, 0.25) is 0 Å². The number of halogens is 1. The van der Waals surface area contributed by atoms with E-state index < -0.39 is 0 Å². The first-order chi connectivity index (χ1) is 8.15. The third-order valence-corrected chi connectivity index (χ3v) is 4.85. The molecule has 2 aliphatic rings. The van der Waals surface area contributed by atoms with Gasteiger partial charge in [0, 0.05) is 0 Å². The van der Waals surface area contributed by atoms with E-state index in [1.165, 1.54) is 36.8 Å². The Morgan fingerprint density at radius 1 is 1.18 bits per heavy atom. The van der Waals surface area contributed by atoms with E-state index in [4.69, 9.17) is 0 Å². The summed E-state index contributed by atoms with van der Waals surface area (Å²) in [5.41, 5.74) is 3.56. The van der Waals surface area contributed by atoms with E-state index in [0.717, 1.165) is 23.8 Å². The Hall–Kier alpha value is -0.850. The number of hydrogen-bond acceptors (Lipinski definition) is 0. The third kappa shape index (κ3) is 1.90. The second kappa shape index (κ2) is 4.12. The van der Waals surface area contributed by atoms with Crippen molar-refractivity contribution in [3.05, 3.63) is 34.6 Å². The lowest BCUT2D eigenvalue weighted by atomic mass is 9.65. The normalized spacial score (nSPS) is 31.8. The van der Waals surface area contributed by atoms with Crippen LogP contribution in [0.3, 0.4) is 0 Å². The Labute approximate surface area is 103 Å². The summed E-state index contributed by atoms with van der Waals surface area (Å²) in [5.74, 6) is 2.31. The molecule has 0 spiro atoms. The Morgan fingerprint density at radius 2 is 2.00 bits per heavy atom. The molecule has 0 heterocycles. The molecule has 0 radical (unpaired) electrons. The standard InChI is InChI=1S/C16H21F/c1-10-3-6-14-12(7-10)4-5-13-8-11(2)16(17)9-15(13)14/h8-10,12,14H,3-7H2,1-2H3. The molecule has 17 heavy (non-hydrogen) atoms. The van der Waals surface area contributed by atoms with Gasteiger partial charge in [0.1, 0.15) is 5.82 Å². The minimum Gasteiger partial charge on any atom is -0.207 e. The fourth-order valence-electron chi connectivity index (χ4n) is 3.89. The van der Waals surface area contributed by atoms with E-state index in [1.807, 2.05) is 13.0 Å². The SMILES string of the molecule is Cc1cc2c(cc1F)C1CCC(C)CC1CC2. The largest absolute Gasteiger partial charge is 0.207 e. The second-order valence-electron chi connectivity index (χ2n) is 6.12. The summed E-state index contributed by atoms with van der Waals surface area (Å²) >= 11 is 0. The minimum atomic E-state index is -0.0111. The van der Waals surface area contributed by atoms with E-state index >= 15 is 0 Å². The predicted octanol–water partition coefficient (Wildman–Crippen LogP) is 4.60. The van der Waals surface area contributed by atoms with Gasteiger partial charge in [-0.3, -0.25) is 0 Å². The monoisotopic (exact) mass is 232 g/mol. The highest BCUT2D eigenvalue weighted by Crippen LogP contribution is 2.47. The third-order valence-electron chi connectivity index (χ3n) is 4.85. The van der Waals surface area contributed by atoms with Gasteiger partial charge in [-0.05, 0) is 73.1 Å². The van der Waals surface area contributed by atoms with Crippen LogP contribution in [0.4, 0.5) is 4.39 Å². The van der Waals surface area contributed by atoms with Gasteiger partial charge in [-0.1, -0.05) is 19.4 Å². The van der Waals surface area contributed by atoms with Crippen LogP contribution in [0, 0.1) is 24.6 Å². The topological polar surface area (TPSA) is 0 Å². The summed E-state index contributed by atoms with van der Waals surface area (Å²) in [7, 11) is 0. The molecule has 1 fully saturated rings. The molecule has 3 rings (SSSR count). The Kier molecular flexibility index (Phi) is 2.72. The second-order valence-corrected chi connectivity index (χ2v) is 6.12. The van der Waals surface area contributed by atoms with Crippen molar-refractivity contribution in [2.75, 3.05) is 0 Å². The van der Waals surface area contributed by atoms with Crippen molar-refractivity contribution in [3.63, 3.8) is 0 Å². The number of rotatable bonds is 0. The summed E-state index contributed by atoms with van der Waals surface area (Å²) in [6, 6.07) is 3.91. The van der Waals surface area contributed by atoms with Crippen LogP contribution in [0.25, 0.3) is 0 Å². The Balaban J connectivity index is 1.98. The van der Waals surface area contributed by atoms with E-state index in [2.05, 4.69) is 13.0 Å². The molecule has 3 atom stereocenters. The summed E-state index contributed by atoms with van der Waals surface area (Å²) in [4.78, 5) is 0. The van der Waals surface area contributed by atoms with Gasteiger partial charge in [0.2, 0.25) is 0 Å². The van der Waals surface area contributed by atoms with Crippen molar-refractivity contribution in [1.82, 2.24) is 0 Å². The molecule has 0 bridgehead atoms. The molecule has 0 saturated heterocycles. The molecule has 92 valence electrons. The van der Waals surface area contributed by atoms with E-state index in [1.54, 1.807) is 0 Å². The number of hydrogen-bond donors (Lipinski definition) is 0. The van der Waals surface area contributed by atoms with Crippen molar-refractivity contribution >= 4 is 0 Å². The summed E-state index contributed by atoms with van der Waals surface area (Å²) in [6.45, 7) is 4.24. The van der Waals surface area contributed by atoms with Crippen LogP contribution in [0.5, 0.6) is 0 Å². The maximum atomic E-state index is 13.7. The van der Waals surface area contributed by atoms with Gasteiger partial charge in [-0.15, -0.1) is 0 Å². The van der Waals surface area contributed by atoms with Crippen LogP contribution in [0.15, 0.2) is 12.1 Å². The first-order valence-electron chi connectivity index (χ1n) is 6.94. The van der Waals surface area contributed by atoms with Crippen LogP contribution in [-0.2, 0) is 6.42 Å². The zero-order valence-corrected chi connectivity index (χ0v) is 10.8. The molecular weight excluding hydrogens is 211 g/mol. The quantitative estimate of drug-likeness (QED) is 0.613. The molecule has 2 aliphatic carbocycles. The average molecular weight is 232 g/mol. The molecule has 1 aromatic carbocycles. The van der Waals surface area contributed by atoms with Crippen molar-refractivity contribution < 1.29 is 4.39 Å². The number of aryl methyl sites for hydroxylation is 2. The first kappa shape index (κ1) is 11.3. The Bertz CT molecular complexity index is 435. The summed E-state index contributed by atoms with van der Waals surface area (Å²) in [5, 5.41) is 0. The minimum absolute atomic E-state index is 0.0111. The van der Waals surface area contributed by atoms with Crippen molar-refractivity contribution in [3.8, 4) is 0 Å². The van der Waals surface area contributed by atoms with Gasteiger partial charge in [0.05, 0.1) is 0 Å². The summed E-state index contributed by atoms with van der Waals surface area (Å²) in [6.07, 6.45) is 6.40. The average Bonchev–Trinajstić information content (AvgIpc) is 2.30. The van der Waals surface area contributed by atoms with Gasteiger partial charge in [0.15, 0.2) is 0 Å². The van der Waals surface area contributed by atoms with Crippen LogP contribution in [0.1, 0.15) is 55.2 Å². The molecule has 0 amide bonds. The zero-order chi connectivity index (χ0) is 12.0. The molecule has 0 aliphatic heterocycles. The van der Waals surface area contributed by atoms with Gasteiger partial charge < -0.3 is 0 Å². The lowest BCUT2D eigenvalue weighted by Gasteiger charge is -2.39. The van der Waals surface area contributed by atoms with Crippen LogP contribution < -0.4 is 0 Å². The highest BCUT2D eigenvalue weighted by Gasteiger charge is 2.34. The van der Waals surface area contributed by atoms with Gasteiger partial charge in [-0.25, -0.2) is 4.39 Å². The van der Waals surface area contributed by atoms with Gasteiger partial charge in [-0.2, -0.15) is 0 Å². The van der Waals surface area contributed by atoms with Crippen molar-refractivity contribution in [1.29, 1.82) is 0 Å². The lowest BCUT2D eigenvalue weighted by Crippen LogP contribution is -2.27. The molecule has 0 aromatic heterocycles. The molecule has 1 aromatic rings. The van der Waals surface area contributed by atoms with Gasteiger partial charge in [0.25, 0.3) is 0 Å². The Morgan fingerprint density at radius 3 is 2.82 bits per heavy atom. The molecular formula is C16H21F. The summed E-state index contributed by atoms with van der Waals surface area (Å²) < 4.78 is 13.7. The van der Waals surface area contributed by atoms with E-state index in [0.29, 0.717) is 5.92 Å². The van der Waals surface area contributed by atoms with Crippen LogP contribution in [-0.4, -0.2) is 0 Å². The first-order valence-corrected chi connectivity index (χ1v) is 6.94. The zero-order valence-electron chi connectivity index (χ0n) is 10.8. The van der Waals surface area contributed by atoms with Crippen molar-refractivity contribution in [2.24, 2.45) is 11.8 Å². The maximum absolute atomic E-state index is 13.7. The molecule has 1 heteroatoms. The highest BCUT2D eigenvalue weighted by molar-refractivity contribution is 5.38. The molecule has 0 N–H and O–H groups in total. The van der Waals surface area contributed by atoms with Gasteiger partial charge >= 0.3 is 0 Å². The van der Waals surface area contributed by atoms with E-state index in [-0.39, 0.29) is 5.82 Å². The number of fused-ring (bicyclic) bond motifs is 3. The van der Waals surface area contributed by atoms with E-state index in [9.17, 15) is 4.39 Å². The predicted molar refractivity (Wildman–Crippen MR) is 68.7 cm³/mol. The maximum Gasteiger partial charge on any atom is 0.126 e. The number of benzene rings is 1. The fraction of sp³-hybridized carbons (Fsp3) is 0.625. The van der Waals surface area contributed by atoms with Crippen molar-refractivity contribution in [2.45, 2.75) is 51.9 Å².